The molecule has 1 aliphatic rings. The summed E-state index contributed by atoms with van der Waals surface area (Å²) in [6.45, 7) is 7.28. The Morgan fingerprint density at radius 1 is 1.43 bits per heavy atom. The number of hydrogen-bond acceptors (Lipinski definition) is 3. The van der Waals surface area contributed by atoms with Crippen LogP contribution in [0.1, 0.15) is 38.7 Å². The molecule has 2 unspecified atom stereocenters. The summed E-state index contributed by atoms with van der Waals surface area (Å²) in [7, 11) is 1.50. The molecule has 0 bridgehead atoms. The highest BCUT2D eigenvalue weighted by atomic mass is 19.1. The fourth-order valence-electron chi connectivity index (χ4n) is 3.28. The number of nitrogens with zero attached hydrogens (tertiary/aromatic N) is 1. The number of halogens is 1. The van der Waals surface area contributed by atoms with Gasteiger partial charge in [-0.2, -0.15) is 0 Å². The Kier molecular flexibility index (Phi) is 6.00. The highest BCUT2D eigenvalue weighted by Crippen LogP contribution is 2.24. The van der Waals surface area contributed by atoms with Crippen LogP contribution in [0.15, 0.2) is 18.2 Å². The SMILES string of the molecule is CCNC(C)C1CCCCN1Cc1ccc(OC)c(F)c1. The molecule has 0 spiro atoms. The first-order valence-electron chi connectivity index (χ1n) is 7.95. The first kappa shape index (κ1) is 16.2. The van der Waals surface area contributed by atoms with E-state index in [1.807, 2.05) is 6.07 Å². The third-order valence-electron chi connectivity index (χ3n) is 4.37. The van der Waals surface area contributed by atoms with Crippen molar-refractivity contribution in [1.82, 2.24) is 10.2 Å². The minimum Gasteiger partial charge on any atom is -0.494 e. The van der Waals surface area contributed by atoms with E-state index in [1.165, 1.54) is 26.4 Å². The van der Waals surface area contributed by atoms with E-state index in [0.717, 1.165) is 25.2 Å². The van der Waals surface area contributed by atoms with Crippen molar-refractivity contribution < 1.29 is 9.13 Å². The van der Waals surface area contributed by atoms with E-state index in [0.29, 0.717) is 17.8 Å². The second kappa shape index (κ2) is 7.76. The molecule has 2 atom stereocenters. The smallest absolute Gasteiger partial charge is 0.165 e. The lowest BCUT2D eigenvalue weighted by Gasteiger charge is -2.39. The van der Waals surface area contributed by atoms with Gasteiger partial charge in [0.1, 0.15) is 0 Å². The normalized spacial score (nSPS) is 21.2. The van der Waals surface area contributed by atoms with Crippen LogP contribution in [0.3, 0.4) is 0 Å². The molecule has 1 fully saturated rings. The van der Waals surface area contributed by atoms with E-state index in [-0.39, 0.29) is 5.82 Å². The van der Waals surface area contributed by atoms with Gasteiger partial charge < -0.3 is 10.1 Å². The second-order valence-corrected chi connectivity index (χ2v) is 5.85. The molecule has 1 saturated heterocycles. The van der Waals surface area contributed by atoms with Crippen LogP contribution < -0.4 is 10.1 Å². The van der Waals surface area contributed by atoms with E-state index in [4.69, 9.17) is 4.74 Å². The number of methoxy groups -OCH3 is 1. The second-order valence-electron chi connectivity index (χ2n) is 5.85. The monoisotopic (exact) mass is 294 g/mol. The molecule has 0 aromatic heterocycles. The summed E-state index contributed by atoms with van der Waals surface area (Å²) in [6, 6.07) is 6.29. The third kappa shape index (κ3) is 4.17. The highest BCUT2D eigenvalue weighted by Gasteiger charge is 2.26. The molecule has 4 heteroatoms. The Morgan fingerprint density at radius 3 is 2.90 bits per heavy atom. The van der Waals surface area contributed by atoms with E-state index < -0.39 is 0 Å². The molecule has 1 heterocycles. The quantitative estimate of drug-likeness (QED) is 0.872. The Balaban J connectivity index is 2.06. The summed E-state index contributed by atoms with van der Waals surface area (Å²) < 4.78 is 18.8. The fraction of sp³-hybridized carbons (Fsp3) is 0.647. The molecule has 118 valence electrons. The maximum Gasteiger partial charge on any atom is 0.165 e. The molecule has 0 radical (unpaired) electrons. The van der Waals surface area contributed by atoms with Gasteiger partial charge in [0.05, 0.1) is 7.11 Å². The lowest BCUT2D eigenvalue weighted by molar-refractivity contribution is 0.112. The summed E-state index contributed by atoms with van der Waals surface area (Å²) in [5.41, 5.74) is 1.02. The zero-order valence-corrected chi connectivity index (χ0v) is 13.4. The third-order valence-corrected chi connectivity index (χ3v) is 4.37. The summed E-state index contributed by atoms with van der Waals surface area (Å²) in [6.07, 6.45) is 3.73. The average Bonchev–Trinajstić information content (AvgIpc) is 2.48. The van der Waals surface area contributed by atoms with Crippen molar-refractivity contribution in [3.05, 3.63) is 29.6 Å². The van der Waals surface area contributed by atoms with Crippen LogP contribution in [0.25, 0.3) is 0 Å². The maximum atomic E-state index is 13.8. The summed E-state index contributed by atoms with van der Waals surface area (Å²) >= 11 is 0. The Labute approximate surface area is 127 Å². The Morgan fingerprint density at radius 2 is 2.24 bits per heavy atom. The number of benzene rings is 1. The molecule has 1 aromatic carbocycles. The van der Waals surface area contributed by atoms with Crippen LogP contribution in [0.4, 0.5) is 4.39 Å². The lowest BCUT2D eigenvalue weighted by atomic mass is 9.95. The van der Waals surface area contributed by atoms with E-state index >= 15 is 0 Å². The molecule has 3 nitrogen and oxygen atoms in total. The topological polar surface area (TPSA) is 24.5 Å². The van der Waals surface area contributed by atoms with Gasteiger partial charge in [-0.3, -0.25) is 4.90 Å². The number of ether oxygens (including phenoxy) is 1. The van der Waals surface area contributed by atoms with Gasteiger partial charge in [0.2, 0.25) is 0 Å². The number of nitrogens with one attached hydrogen (secondary N) is 1. The minimum absolute atomic E-state index is 0.275. The van der Waals surface area contributed by atoms with Gasteiger partial charge in [-0.15, -0.1) is 0 Å². The number of likely N-dealkylation sites (tertiary alicyclic amines) is 1. The van der Waals surface area contributed by atoms with Crippen molar-refractivity contribution in [3.63, 3.8) is 0 Å². The van der Waals surface area contributed by atoms with Crippen molar-refractivity contribution in [2.24, 2.45) is 0 Å². The average molecular weight is 294 g/mol. The predicted molar refractivity (Wildman–Crippen MR) is 84.1 cm³/mol. The van der Waals surface area contributed by atoms with Gasteiger partial charge in [-0.25, -0.2) is 4.39 Å². The van der Waals surface area contributed by atoms with Gasteiger partial charge in [0.15, 0.2) is 11.6 Å². The standard InChI is InChI=1S/C17H27FN2O/c1-4-19-13(2)16-7-5-6-10-20(16)12-14-8-9-17(21-3)15(18)11-14/h8-9,11,13,16,19H,4-7,10,12H2,1-3H3. The highest BCUT2D eigenvalue weighted by molar-refractivity contribution is 5.29. The molecule has 0 aliphatic carbocycles. The van der Waals surface area contributed by atoms with Crippen LogP contribution in [-0.4, -0.2) is 37.2 Å². The molecule has 1 aliphatic heterocycles. The van der Waals surface area contributed by atoms with Crippen LogP contribution in [0.2, 0.25) is 0 Å². The first-order valence-corrected chi connectivity index (χ1v) is 7.95. The number of likely N-dealkylation sites (N-methyl/N-ethyl adjacent to an activating group) is 1. The van der Waals surface area contributed by atoms with Crippen LogP contribution in [-0.2, 0) is 6.54 Å². The first-order chi connectivity index (χ1) is 10.2. The predicted octanol–water partition coefficient (Wildman–Crippen LogP) is 3.19. The van der Waals surface area contributed by atoms with Crippen LogP contribution in [0, 0.1) is 5.82 Å². The fourth-order valence-corrected chi connectivity index (χ4v) is 3.28. The van der Waals surface area contributed by atoms with E-state index in [9.17, 15) is 4.39 Å². The van der Waals surface area contributed by atoms with Crippen molar-refractivity contribution in [2.45, 2.75) is 51.7 Å². The van der Waals surface area contributed by atoms with E-state index in [2.05, 4.69) is 24.1 Å². The van der Waals surface area contributed by atoms with Gasteiger partial charge in [0, 0.05) is 18.6 Å². The minimum atomic E-state index is -0.275. The zero-order valence-electron chi connectivity index (χ0n) is 13.4. The van der Waals surface area contributed by atoms with Gasteiger partial charge >= 0.3 is 0 Å². The van der Waals surface area contributed by atoms with Gasteiger partial charge in [-0.1, -0.05) is 19.4 Å². The molecular weight excluding hydrogens is 267 g/mol. The molecule has 2 rings (SSSR count). The molecule has 0 saturated carbocycles. The van der Waals surface area contributed by atoms with Crippen LogP contribution in [0.5, 0.6) is 5.75 Å². The van der Waals surface area contributed by atoms with Gasteiger partial charge in [0.25, 0.3) is 0 Å². The number of rotatable bonds is 6. The lowest BCUT2D eigenvalue weighted by Crippen LogP contribution is -2.50. The molecular formula is C17H27FN2O. The largest absolute Gasteiger partial charge is 0.494 e. The van der Waals surface area contributed by atoms with E-state index in [1.54, 1.807) is 12.1 Å². The zero-order chi connectivity index (χ0) is 15.2. The molecule has 0 amide bonds. The Hall–Kier alpha value is -1.13. The number of piperidine rings is 1. The maximum absolute atomic E-state index is 13.8. The number of hydrogen-bond donors (Lipinski definition) is 1. The summed E-state index contributed by atoms with van der Waals surface area (Å²) in [4.78, 5) is 2.48. The van der Waals surface area contributed by atoms with Gasteiger partial charge in [-0.05, 0) is 50.6 Å². The van der Waals surface area contributed by atoms with Crippen molar-refractivity contribution in [3.8, 4) is 5.75 Å². The summed E-state index contributed by atoms with van der Waals surface area (Å²) in [5, 5.41) is 3.52. The molecule has 1 N–H and O–H groups in total. The Bertz CT molecular complexity index is 452. The van der Waals surface area contributed by atoms with Crippen LogP contribution >= 0.6 is 0 Å². The van der Waals surface area contributed by atoms with Crippen molar-refractivity contribution in [2.75, 3.05) is 20.2 Å². The molecule has 1 aromatic rings. The van der Waals surface area contributed by atoms with Crippen molar-refractivity contribution >= 4 is 0 Å². The molecule has 21 heavy (non-hydrogen) atoms. The summed E-state index contributed by atoms with van der Waals surface area (Å²) in [5.74, 6) is 0.0400. The van der Waals surface area contributed by atoms with Crippen molar-refractivity contribution in [1.29, 1.82) is 0 Å².